The summed E-state index contributed by atoms with van der Waals surface area (Å²) in [6.45, 7) is 2.04. The van der Waals surface area contributed by atoms with Crippen molar-refractivity contribution in [2.75, 3.05) is 0 Å². The first kappa shape index (κ1) is 15.3. The topological polar surface area (TPSA) is 43.1 Å². The van der Waals surface area contributed by atoms with Gasteiger partial charge in [-0.3, -0.25) is 0 Å². The Morgan fingerprint density at radius 2 is 1.88 bits per heavy atom. The summed E-state index contributed by atoms with van der Waals surface area (Å²) in [5.74, 6) is 0.339. The second-order valence-corrected chi connectivity index (χ2v) is 7.29. The average Bonchev–Trinajstić information content (AvgIpc) is 3.00. The lowest BCUT2D eigenvalue weighted by molar-refractivity contribution is 0.519. The van der Waals surface area contributed by atoms with Crippen LogP contribution in [0.15, 0.2) is 67.6 Å². The van der Waals surface area contributed by atoms with E-state index in [0.29, 0.717) is 16.1 Å². The highest BCUT2D eigenvalue weighted by Crippen LogP contribution is 2.32. The van der Waals surface area contributed by atoms with E-state index in [4.69, 9.17) is 4.42 Å². The Bertz CT molecular complexity index is 1100. The molecule has 0 radical (unpaired) electrons. The van der Waals surface area contributed by atoms with Gasteiger partial charge in [0, 0.05) is 21.0 Å². The van der Waals surface area contributed by atoms with E-state index in [1.54, 1.807) is 0 Å². The van der Waals surface area contributed by atoms with Crippen LogP contribution in [0.1, 0.15) is 5.56 Å². The Hall–Kier alpha value is -2.24. The van der Waals surface area contributed by atoms with Gasteiger partial charge in [-0.15, -0.1) is 11.3 Å². The third kappa shape index (κ3) is 2.70. The number of rotatable bonds is 2. The second-order valence-electron chi connectivity index (χ2n) is 5.51. The highest BCUT2D eigenvalue weighted by molar-refractivity contribution is 9.10. The quantitative estimate of drug-likeness (QED) is 0.438. The van der Waals surface area contributed by atoms with Crippen LogP contribution in [0, 0.1) is 6.92 Å². The molecular weight excluding hydrogens is 386 g/mol. The fourth-order valence-corrected chi connectivity index (χ4v) is 3.90. The molecule has 4 rings (SSSR count). The lowest BCUT2D eigenvalue weighted by atomic mass is 10.1. The summed E-state index contributed by atoms with van der Waals surface area (Å²) in [7, 11) is 0. The predicted octanol–water partition coefficient (Wildman–Crippen LogP) is 5.65. The van der Waals surface area contributed by atoms with Gasteiger partial charge in [0.1, 0.15) is 10.2 Å². The van der Waals surface area contributed by atoms with Crippen LogP contribution in [-0.4, -0.2) is 4.98 Å². The Labute approximate surface area is 150 Å². The molecule has 0 N–H and O–H groups in total. The largest absolute Gasteiger partial charge is 0.403 e. The van der Waals surface area contributed by atoms with E-state index in [-0.39, 0.29) is 5.63 Å². The van der Waals surface area contributed by atoms with Gasteiger partial charge >= 0.3 is 5.63 Å². The molecule has 0 aliphatic heterocycles. The van der Waals surface area contributed by atoms with Gasteiger partial charge in [0.15, 0.2) is 0 Å². The van der Waals surface area contributed by atoms with Gasteiger partial charge in [0.2, 0.25) is 5.89 Å². The Morgan fingerprint density at radius 3 is 2.62 bits per heavy atom. The SMILES string of the molecule is Cc1ccc(-c2csc3nc(-c4cccc(Br)c4)oc(=O)c23)cc1. The number of hydrogen-bond acceptors (Lipinski definition) is 4. The van der Waals surface area contributed by atoms with Gasteiger partial charge in [0.25, 0.3) is 0 Å². The van der Waals surface area contributed by atoms with Crippen molar-refractivity contribution in [3.8, 4) is 22.6 Å². The number of fused-ring (bicyclic) bond motifs is 1. The van der Waals surface area contributed by atoms with E-state index in [0.717, 1.165) is 21.2 Å². The van der Waals surface area contributed by atoms with Gasteiger partial charge < -0.3 is 4.42 Å². The molecule has 3 nitrogen and oxygen atoms in total. The minimum absolute atomic E-state index is 0.339. The third-order valence-corrected chi connectivity index (χ3v) is 5.17. The number of benzene rings is 2. The number of nitrogens with zero attached hydrogens (tertiary/aromatic N) is 1. The number of halogens is 1. The molecule has 0 spiro atoms. The minimum Gasteiger partial charge on any atom is -0.403 e. The Kier molecular flexibility index (Phi) is 3.82. The molecule has 0 amide bonds. The highest BCUT2D eigenvalue weighted by atomic mass is 79.9. The van der Waals surface area contributed by atoms with Gasteiger partial charge in [0.05, 0.1) is 0 Å². The smallest absolute Gasteiger partial charge is 0.348 e. The average molecular weight is 398 g/mol. The van der Waals surface area contributed by atoms with Crippen LogP contribution >= 0.6 is 27.3 Å². The molecule has 0 atom stereocenters. The molecule has 24 heavy (non-hydrogen) atoms. The predicted molar refractivity (Wildman–Crippen MR) is 101 cm³/mol. The van der Waals surface area contributed by atoms with Crippen molar-refractivity contribution in [2.24, 2.45) is 0 Å². The molecule has 2 aromatic heterocycles. The summed E-state index contributed by atoms with van der Waals surface area (Å²) in [6.07, 6.45) is 0. The fourth-order valence-electron chi connectivity index (χ4n) is 2.57. The second kappa shape index (κ2) is 6.00. The summed E-state index contributed by atoms with van der Waals surface area (Å²) in [4.78, 5) is 17.8. The maximum Gasteiger partial charge on any atom is 0.348 e. The monoisotopic (exact) mass is 397 g/mol. The first-order valence-corrected chi connectivity index (χ1v) is 9.04. The first-order valence-electron chi connectivity index (χ1n) is 7.37. The lowest BCUT2D eigenvalue weighted by Gasteiger charge is -2.02. The third-order valence-electron chi connectivity index (χ3n) is 3.80. The van der Waals surface area contributed by atoms with Crippen LogP contribution in [-0.2, 0) is 0 Å². The molecule has 0 fully saturated rings. The maximum atomic E-state index is 12.6. The molecule has 4 aromatic rings. The van der Waals surface area contributed by atoms with Crippen LogP contribution < -0.4 is 5.63 Å². The Balaban J connectivity index is 1.90. The first-order chi connectivity index (χ1) is 11.6. The number of aryl methyl sites for hydroxylation is 1. The van der Waals surface area contributed by atoms with Gasteiger partial charge in [-0.05, 0) is 30.7 Å². The standard InChI is InChI=1S/C19H12BrNO2S/c1-11-5-7-12(8-6-11)15-10-24-18-16(15)19(22)23-17(21-18)13-3-2-4-14(20)9-13/h2-10H,1H3. The van der Waals surface area contributed by atoms with Crippen molar-refractivity contribution in [1.82, 2.24) is 4.98 Å². The van der Waals surface area contributed by atoms with Crippen LogP contribution in [0.25, 0.3) is 32.8 Å². The van der Waals surface area contributed by atoms with E-state index in [1.807, 2.05) is 60.8 Å². The number of thiophene rings is 1. The molecule has 2 heterocycles. The number of hydrogen-bond donors (Lipinski definition) is 0. The van der Waals surface area contributed by atoms with Crippen molar-refractivity contribution in [1.29, 1.82) is 0 Å². The van der Waals surface area contributed by atoms with Crippen LogP contribution in [0.4, 0.5) is 0 Å². The summed E-state index contributed by atoms with van der Waals surface area (Å²) >= 11 is 4.88. The normalized spacial score (nSPS) is 11.1. The highest BCUT2D eigenvalue weighted by Gasteiger charge is 2.15. The molecule has 0 aliphatic rings. The zero-order valence-corrected chi connectivity index (χ0v) is 15.1. The van der Waals surface area contributed by atoms with Crippen molar-refractivity contribution < 1.29 is 4.42 Å². The molecule has 0 unspecified atom stereocenters. The van der Waals surface area contributed by atoms with Crippen molar-refractivity contribution >= 4 is 37.5 Å². The van der Waals surface area contributed by atoms with E-state index >= 15 is 0 Å². The molecule has 0 bridgehead atoms. The molecule has 2 aromatic carbocycles. The molecule has 0 aliphatic carbocycles. The van der Waals surface area contributed by atoms with Crippen LogP contribution in [0.3, 0.4) is 0 Å². The van der Waals surface area contributed by atoms with Gasteiger partial charge in [-0.2, -0.15) is 0 Å². The molecular formula is C19H12BrNO2S. The summed E-state index contributed by atoms with van der Waals surface area (Å²) in [5.41, 5.74) is 3.47. The Morgan fingerprint density at radius 1 is 1.08 bits per heavy atom. The van der Waals surface area contributed by atoms with Crippen molar-refractivity contribution in [2.45, 2.75) is 6.92 Å². The van der Waals surface area contributed by atoms with Gasteiger partial charge in [-0.1, -0.05) is 51.8 Å². The van der Waals surface area contributed by atoms with Crippen molar-refractivity contribution in [3.63, 3.8) is 0 Å². The lowest BCUT2D eigenvalue weighted by Crippen LogP contribution is -2.02. The minimum atomic E-state index is -0.355. The zero-order valence-electron chi connectivity index (χ0n) is 12.7. The molecule has 118 valence electrons. The van der Waals surface area contributed by atoms with Crippen LogP contribution in [0.5, 0.6) is 0 Å². The summed E-state index contributed by atoms with van der Waals surface area (Å²) in [6, 6.07) is 15.6. The van der Waals surface area contributed by atoms with Crippen molar-refractivity contribution in [3.05, 3.63) is 74.4 Å². The van der Waals surface area contributed by atoms with Crippen LogP contribution in [0.2, 0.25) is 0 Å². The summed E-state index contributed by atoms with van der Waals surface area (Å²) < 4.78 is 6.41. The molecule has 0 saturated carbocycles. The summed E-state index contributed by atoms with van der Waals surface area (Å²) in [5, 5.41) is 2.51. The molecule has 5 heteroatoms. The van der Waals surface area contributed by atoms with E-state index < -0.39 is 0 Å². The maximum absolute atomic E-state index is 12.6. The van der Waals surface area contributed by atoms with E-state index in [1.165, 1.54) is 16.9 Å². The number of aromatic nitrogens is 1. The van der Waals surface area contributed by atoms with E-state index in [9.17, 15) is 4.79 Å². The van der Waals surface area contributed by atoms with E-state index in [2.05, 4.69) is 20.9 Å². The van der Waals surface area contributed by atoms with Gasteiger partial charge in [-0.25, -0.2) is 9.78 Å². The molecule has 0 saturated heterocycles. The fraction of sp³-hybridized carbons (Fsp3) is 0.0526. The zero-order chi connectivity index (χ0) is 16.7.